The third-order valence-corrected chi connectivity index (χ3v) is 5.87. The van der Waals surface area contributed by atoms with Crippen molar-refractivity contribution in [2.45, 2.75) is 38.6 Å². The number of nitrogens with zero attached hydrogens (tertiary/aromatic N) is 2. The fourth-order valence-corrected chi connectivity index (χ4v) is 4.02. The fourth-order valence-electron chi connectivity index (χ4n) is 3.03. The van der Waals surface area contributed by atoms with Crippen molar-refractivity contribution < 1.29 is 18.7 Å². The Morgan fingerprint density at radius 2 is 1.84 bits per heavy atom. The molecule has 1 heterocycles. The molecule has 3 aromatic rings. The largest absolute Gasteiger partial charge is 0.487 e. The van der Waals surface area contributed by atoms with Gasteiger partial charge in [-0.05, 0) is 73.9 Å². The topological polar surface area (TPSA) is 51.7 Å². The van der Waals surface area contributed by atoms with Gasteiger partial charge in [-0.25, -0.2) is 14.2 Å². The Labute approximate surface area is 192 Å². The highest BCUT2D eigenvalue weighted by Crippen LogP contribution is 2.38. The summed E-state index contributed by atoms with van der Waals surface area (Å²) in [4.78, 5) is 16.0. The number of esters is 1. The number of methoxy groups -OCH3 is 1. The van der Waals surface area contributed by atoms with E-state index in [-0.39, 0.29) is 12.5 Å². The standard InChI is InChI=1S/C25H27FN2O3S/c1-17-13-22(28(15-19(3)26)32-24-7-5-6-12-27-24)23(14-18(17)2)31-16-20-8-10-21(11-9-20)25(29)30-4/h5-14,19H,15-16H2,1-4H3/t19-/m1/s1. The first kappa shape index (κ1) is 23.6. The molecule has 0 bridgehead atoms. The summed E-state index contributed by atoms with van der Waals surface area (Å²) < 4.78 is 26.9. The summed E-state index contributed by atoms with van der Waals surface area (Å²) in [5, 5.41) is 0.774. The summed E-state index contributed by atoms with van der Waals surface area (Å²) in [5.41, 5.74) is 4.36. The van der Waals surface area contributed by atoms with Gasteiger partial charge < -0.3 is 13.8 Å². The average Bonchev–Trinajstić information content (AvgIpc) is 2.79. The van der Waals surface area contributed by atoms with Crippen molar-refractivity contribution in [3.05, 3.63) is 83.0 Å². The first-order valence-corrected chi connectivity index (χ1v) is 11.1. The second-order valence-electron chi connectivity index (χ2n) is 7.48. The molecule has 0 aliphatic heterocycles. The molecule has 168 valence electrons. The number of aromatic nitrogens is 1. The van der Waals surface area contributed by atoms with Gasteiger partial charge in [0.05, 0.1) is 24.9 Å². The van der Waals surface area contributed by atoms with E-state index in [0.717, 1.165) is 27.4 Å². The molecule has 0 spiro atoms. The van der Waals surface area contributed by atoms with Gasteiger partial charge in [0, 0.05) is 18.1 Å². The van der Waals surface area contributed by atoms with E-state index in [4.69, 9.17) is 9.47 Å². The molecule has 7 heteroatoms. The van der Waals surface area contributed by atoms with Crippen LogP contribution in [0.15, 0.2) is 65.8 Å². The quantitative estimate of drug-likeness (QED) is 0.295. The lowest BCUT2D eigenvalue weighted by molar-refractivity contribution is 0.0600. The van der Waals surface area contributed by atoms with Gasteiger partial charge in [0.25, 0.3) is 0 Å². The normalized spacial score (nSPS) is 11.7. The SMILES string of the molecule is COC(=O)c1ccc(COc2cc(C)c(C)cc2N(C[C@@H](C)F)Sc2ccccn2)cc1. The number of halogens is 1. The Hall–Kier alpha value is -3.06. The third-order valence-electron chi connectivity index (χ3n) is 4.87. The molecule has 1 atom stereocenters. The number of alkyl halides is 1. The van der Waals surface area contributed by atoms with Crippen LogP contribution in [0.4, 0.5) is 10.1 Å². The second-order valence-corrected chi connectivity index (χ2v) is 8.52. The van der Waals surface area contributed by atoms with Crippen molar-refractivity contribution in [2.75, 3.05) is 18.0 Å². The number of carbonyl (C=O) groups is 1. The third kappa shape index (κ3) is 6.23. The minimum atomic E-state index is -1.04. The molecule has 0 saturated carbocycles. The molecule has 0 saturated heterocycles. The van der Waals surface area contributed by atoms with Crippen LogP contribution in [0.1, 0.15) is 34.0 Å². The molecule has 0 aliphatic carbocycles. The molecule has 2 aromatic carbocycles. The molecule has 0 fully saturated rings. The summed E-state index contributed by atoms with van der Waals surface area (Å²) in [7, 11) is 1.35. The predicted octanol–water partition coefficient (Wildman–Crippen LogP) is 5.94. The van der Waals surface area contributed by atoms with Crippen molar-refractivity contribution in [1.29, 1.82) is 0 Å². The molecule has 0 unspecified atom stereocenters. The number of benzene rings is 2. The average molecular weight is 455 g/mol. The van der Waals surface area contributed by atoms with Crippen LogP contribution >= 0.6 is 11.9 Å². The molecule has 0 aliphatic rings. The van der Waals surface area contributed by atoms with Crippen LogP contribution in [0.25, 0.3) is 0 Å². The van der Waals surface area contributed by atoms with Crippen LogP contribution < -0.4 is 9.04 Å². The van der Waals surface area contributed by atoms with Gasteiger partial charge in [-0.15, -0.1) is 0 Å². The maximum Gasteiger partial charge on any atom is 0.337 e. The Kier molecular flexibility index (Phi) is 8.11. The lowest BCUT2D eigenvalue weighted by Gasteiger charge is -2.26. The highest BCUT2D eigenvalue weighted by molar-refractivity contribution is 8.00. The van der Waals surface area contributed by atoms with Crippen LogP contribution in [-0.4, -0.2) is 30.8 Å². The number of hydrogen-bond donors (Lipinski definition) is 0. The Morgan fingerprint density at radius 1 is 1.12 bits per heavy atom. The zero-order valence-electron chi connectivity index (χ0n) is 18.7. The van der Waals surface area contributed by atoms with Gasteiger partial charge in [0.1, 0.15) is 23.6 Å². The molecular formula is C25H27FN2O3S. The highest BCUT2D eigenvalue weighted by Gasteiger charge is 2.19. The first-order valence-electron chi connectivity index (χ1n) is 10.3. The van der Waals surface area contributed by atoms with Gasteiger partial charge >= 0.3 is 5.97 Å². The minimum absolute atomic E-state index is 0.188. The number of anilines is 1. The van der Waals surface area contributed by atoms with Gasteiger partial charge in [-0.3, -0.25) is 0 Å². The number of carbonyl (C=O) groups excluding carboxylic acids is 1. The van der Waals surface area contributed by atoms with Gasteiger partial charge in [0.2, 0.25) is 0 Å². The van der Waals surface area contributed by atoms with Crippen LogP contribution in [0.5, 0.6) is 5.75 Å². The molecule has 1 aromatic heterocycles. The van der Waals surface area contributed by atoms with Crippen LogP contribution in [0.2, 0.25) is 0 Å². The molecule has 0 radical (unpaired) electrons. The number of pyridine rings is 1. The maximum absolute atomic E-state index is 14.1. The van der Waals surface area contributed by atoms with E-state index in [2.05, 4.69) is 4.98 Å². The molecule has 32 heavy (non-hydrogen) atoms. The smallest absolute Gasteiger partial charge is 0.337 e. The second kappa shape index (κ2) is 11.0. The van der Waals surface area contributed by atoms with Gasteiger partial charge in [-0.2, -0.15) is 0 Å². The number of rotatable bonds is 9. The summed E-state index contributed by atoms with van der Waals surface area (Å²) >= 11 is 1.38. The van der Waals surface area contributed by atoms with Crippen molar-refractivity contribution in [2.24, 2.45) is 0 Å². The van der Waals surface area contributed by atoms with Gasteiger partial charge in [-0.1, -0.05) is 18.2 Å². The Bertz CT molecular complexity index is 1040. The Morgan fingerprint density at radius 3 is 2.47 bits per heavy atom. The van der Waals surface area contributed by atoms with Gasteiger partial charge in [0.15, 0.2) is 0 Å². The predicted molar refractivity (Wildman–Crippen MR) is 126 cm³/mol. The minimum Gasteiger partial charge on any atom is -0.487 e. The van der Waals surface area contributed by atoms with E-state index in [1.54, 1.807) is 18.3 Å². The maximum atomic E-state index is 14.1. The van der Waals surface area contributed by atoms with E-state index in [1.807, 2.05) is 60.6 Å². The van der Waals surface area contributed by atoms with E-state index < -0.39 is 6.17 Å². The molecule has 3 rings (SSSR count). The zero-order valence-corrected chi connectivity index (χ0v) is 19.5. The first-order chi connectivity index (χ1) is 15.4. The summed E-state index contributed by atoms with van der Waals surface area (Å²) in [6.45, 7) is 6.08. The molecule has 0 amide bonds. The molecule has 0 N–H and O–H groups in total. The van der Waals surface area contributed by atoms with Crippen molar-refractivity contribution in [3.63, 3.8) is 0 Å². The van der Waals surface area contributed by atoms with E-state index in [9.17, 15) is 9.18 Å². The molecular weight excluding hydrogens is 427 g/mol. The summed E-state index contributed by atoms with van der Waals surface area (Å²) in [5.74, 6) is 0.283. The van der Waals surface area contributed by atoms with Crippen LogP contribution in [0.3, 0.4) is 0 Å². The highest BCUT2D eigenvalue weighted by atomic mass is 32.2. The number of aryl methyl sites for hydroxylation is 2. The lowest BCUT2D eigenvalue weighted by Crippen LogP contribution is -2.23. The van der Waals surface area contributed by atoms with Crippen LogP contribution in [0, 0.1) is 13.8 Å². The van der Waals surface area contributed by atoms with Crippen molar-refractivity contribution in [3.8, 4) is 5.75 Å². The van der Waals surface area contributed by atoms with E-state index in [1.165, 1.54) is 26.0 Å². The van der Waals surface area contributed by atoms with Crippen molar-refractivity contribution in [1.82, 2.24) is 4.98 Å². The lowest BCUT2D eigenvalue weighted by atomic mass is 10.1. The number of ether oxygens (including phenoxy) is 2. The van der Waals surface area contributed by atoms with E-state index in [0.29, 0.717) is 17.9 Å². The Balaban J connectivity index is 1.86. The van der Waals surface area contributed by atoms with E-state index >= 15 is 0 Å². The fraction of sp³-hybridized carbons (Fsp3) is 0.280. The zero-order chi connectivity index (χ0) is 23.1. The van der Waals surface area contributed by atoms with Crippen LogP contribution in [-0.2, 0) is 11.3 Å². The summed E-state index contributed by atoms with van der Waals surface area (Å²) in [6, 6.07) is 16.7. The summed E-state index contributed by atoms with van der Waals surface area (Å²) in [6.07, 6.45) is 0.682. The van der Waals surface area contributed by atoms with Crippen molar-refractivity contribution >= 4 is 23.6 Å². The number of hydrogen-bond acceptors (Lipinski definition) is 6. The molecule has 5 nitrogen and oxygen atoms in total. The monoisotopic (exact) mass is 454 g/mol.